The molecule has 16 heavy (non-hydrogen) atoms. The van der Waals surface area contributed by atoms with Gasteiger partial charge in [-0.15, -0.1) is 0 Å². The molecular weight excluding hydrogens is 208 g/mol. The van der Waals surface area contributed by atoms with Crippen LogP contribution in [0.3, 0.4) is 0 Å². The fraction of sp³-hybridized carbons (Fsp3) is 0.0909. The van der Waals surface area contributed by atoms with Crippen LogP contribution in [0.4, 0.5) is 5.88 Å². The van der Waals surface area contributed by atoms with Crippen LogP contribution < -0.4 is 5.73 Å². The lowest BCUT2D eigenvalue weighted by atomic mass is 10.0. The highest BCUT2D eigenvalue weighted by molar-refractivity contribution is 5.97. The van der Waals surface area contributed by atoms with E-state index >= 15 is 0 Å². The third-order valence-corrected chi connectivity index (χ3v) is 2.34. The standard InChI is InChI=1S/C11H10N2O3/c1-6-4-2-3-5-7(6)8-9(11(14)15)13-16-10(8)12/h2-5H,12H2,1H3,(H,14,15). The van der Waals surface area contributed by atoms with Crippen molar-refractivity contribution in [3.8, 4) is 11.1 Å². The molecular formula is C11H10N2O3. The molecule has 0 saturated carbocycles. The first-order valence-electron chi connectivity index (χ1n) is 4.65. The molecule has 5 nitrogen and oxygen atoms in total. The highest BCUT2D eigenvalue weighted by Crippen LogP contribution is 2.31. The average Bonchev–Trinajstić information content (AvgIpc) is 2.61. The Hall–Kier alpha value is -2.30. The van der Waals surface area contributed by atoms with Crippen molar-refractivity contribution in [2.75, 3.05) is 5.73 Å². The number of hydrogen-bond donors (Lipinski definition) is 2. The number of benzene rings is 1. The molecule has 2 rings (SSSR count). The lowest BCUT2D eigenvalue weighted by Crippen LogP contribution is -2.00. The summed E-state index contributed by atoms with van der Waals surface area (Å²) >= 11 is 0. The normalized spacial score (nSPS) is 10.3. The van der Waals surface area contributed by atoms with Gasteiger partial charge < -0.3 is 15.4 Å². The molecule has 0 bridgehead atoms. The molecule has 0 aliphatic rings. The van der Waals surface area contributed by atoms with Gasteiger partial charge in [-0.25, -0.2) is 4.79 Å². The minimum atomic E-state index is -1.15. The number of aromatic carboxylic acids is 1. The Bertz CT molecular complexity index is 546. The van der Waals surface area contributed by atoms with Gasteiger partial charge in [-0.3, -0.25) is 0 Å². The monoisotopic (exact) mass is 218 g/mol. The lowest BCUT2D eigenvalue weighted by molar-refractivity contribution is 0.0686. The summed E-state index contributed by atoms with van der Waals surface area (Å²) in [5.74, 6) is -1.13. The Kier molecular flexibility index (Phi) is 2.36. The molecule has 1 heterocycles. The van der Waals surface area contributed by atoms with Crippen molar-refractivity contribution in [1.29, 1.82) is 0 Å². The van der Waals surface area contributed by atoms with Gasteiger partial charge >= 0.3 is 5.97 Å². The third kappa shape index (κ3) is 1.52. The van der Waals surface area contributed by atoms with E-state index in [4.69, 9.17) is 15.4 Å². The summed E-state index contributed by atoms with van der Waals surface area (Å²) in [5, 5.41) is 12.4. The predicted octanol–water partition coefficient (Wildman–Crippen LogP) is 1.93. The van der Waals surface area contributed by atoms with Gasteiger partial charge in [0.2, 0.25) is 11.6 Å². The maximum absolute atomic E-state index is 10.9. The molecule has 0 spiro atoms. The average molecular weight is 218 g/mol. The van der Waals surface area contributed by atoms with Crippen LogP contribution in [0.2, 0.25) is 0 Å². The van der Waals surface area contributed by atoms with Gasteiger partial charge in [0.25, 0.3) is 0 Å². The lowest BCUT2D eigenvalue weighted by Gasteiger charge is -2.03. The Labute approximate surface area is 91.5 Å². The molecule has 82 valence electrons. The molecule has 0 atom stereocenters. The Morgan fingerprint density at radius 2 is 2.12 bits per heavy atom. The number of carboxylic acids is 1. The molecule has 0 radical (unpaired) electrons. The van der Waals surface area contributed by atoms with Crippen molar-refractivity contribution in [2.24, 2.45) is 0 Å². The first kappa shape index (κ1) is 10.2. The number of carboxylic acid groups (broad SMARTS) is 1. The maximum atomic E-state index is 10.9. The van der Waals surface area contributed by atoms with Gasteiger partial charge in [0.1, 0.15) is 0 Å². The largest absolute Gasteiger partial charge is 0.476 e. The van der Waals surface area contributed by atoms with E-state index < -0.39 is 5.97 Å². The van der Waals surface area contributed by atoms with E-state index in [1.807, 2.05) is 19.1 Å². The zero-order valence-electron chi connectivity index (χ0n) is 8.60. The number of aromatic nitrogens is 1. The summed E-state index contributed by atoms with van der Waals surface area (Å²) in [6.45, 7) is 1.87. The van der Waals surface area contributed by atoms with E-state index in [-0.39, 0.29) is 11.6 Å². The number of hydrogen-bond acceptors (Lipinski definition) is 4. The molecule has 3 N–H and O–H groups in total. The number of rotatable bonds is 2. The second kappa shape index (κ2) is 3.69. The first-order valence-corrected chi connectivity index (χ1v) is 4.65. The van der Waals surface area contributed by atoms with Crippen LogP contribution in [0.1, 0.15) is 16.1 Å². The molecule has 0 unspecified atom stereocenters. The number of nitrogens with two attached hydrogens (primary N) is 1. The van der Waals surface area contributed by atoms with Crippen LogP contribution in [0.5, 0.6) is 0 Å². The molecule has 2 aromatic rings. The van der Waals surface area contributed by atoms with Crippen molar-refractivity contribution in [1.82, 2.24) is 5.16 Å². The number of nitrogen functional groups attached to an aromatic ring is 1. The Morgan fingerprint density at radius 3 is 2.75 bits per heavy atom. The molecule has 5 heteroatoms. The molecule has 1 aromatic carbocycles. The minimum Gasteiger partial charge on any atom is -0.476 e. The van der Waals surface area contributed by atoms with Gasteiger partial charge in [0.05, 0.1) is 5.56 Å². The van der Waals surface area contributed by atoms with E-state index in [9.17, 15) is 4.79 Å². The van der Waals surface area contributed by atoms with Gasteiger partial charge in [-0.1, -0.05) is 29.4 Å². The molecule has 1 aromatic heterocycles. The summed E-state index contributed by atoms with van der Waals surface area (Å²) in [7, 11) is 0. The highest BCUT2D eigenvalue weighted by Gasteiger charge is 2.22. The van der Waals surface area contributed by atoms with Crippen molar-refractivity contribution in [3.05, 3.63) is 35.5 Å². The maximum Gasteiger partial charge on any atom is 0.358 e. The van der Waals surface area contributed by atoms with Crippen LogP contribution in [0.25, 0.3) is 11.1 Å². The molecule has 0 fully saturated rings. The van der Waals surface area contributed by atoms with Crippen LogP contribution in [-0.4, -0.2) is 16.2 Å². The van der Waals surface area contributed by atoms with Crippen molar-refractivity contribution in [3.63, 3.8) is 0 Å². The molecule has 0 aliphatic carbocycles. The molecule has 0 amide bonds. The van der Waals surface area contributed by atoms with E-state index in [0.717, 1.165) is 11.1 Å². The van der Waals surface area contributed by atoms with Crippen molar-refractivity contribution < 1.29 is 14.4 Å². The fourth-order valence-corrected chi connectivity index (χ4v) is 1.56. The van der Waals surface area contributed by atoms with Crippen molar-refractivity contribution in [2.45, 2.75) is 6.92 Å². The molecule has 0 saturated heterocycles. The minimum absolute atomic E-state index is 0.0201. The number of nitrogens with zero attached hydrogens (tertiary/aromatic N) is 1. The topological polar surface area (TPSA) is 89.3 Å². The Balaban J connectivity index is 2.68. The van der Waals surface area contributed by atoms with E-state index in [0.29, 0.717) is 5.56 Å². The third-order valence-electron chi connectivity index (χ3n) is 2.34. The highest BCUT2D eigenvalue weighted by atomic mass is 16.5. The number of aryl methyl sites for hydroxylation is 1. The van der Waals surface area contributed by atoms with Crippen LogP contribution in [0.15, 0.2) is 28.8 Å². The zero-order chi connectivity index (χ0) is 11.7. The smallest absolute Gasteiger partial charge is 0.358 e. The molecule has 0 aliphatic heterocycles. The van der Waals surface area contributed by atoms with E-state index in [1.165, 1.54) is 0 Å². The van der Waals surface area contributed by atoms with Crippen LogP contribution >= 0.6 is 0 Å². The summed E-state index contributed by atoms with van der Waals surface area (Å²) in [5.41, 5.74) is 7.40. The van der Waals surface area contributed by atoms with Gasteiger partial charge in [-0.2, -0.15) is 0 Å². The predicted molar refractivity (Wildman–Crippen MR) is 58.0 cm³/mol. The number of carbonyl (C=O) groups is 1. The Morgan fingerprint density at radius 1 is 1.44 bits per heavy atom. The first-order chi connectivity index (χ1) is 7.61. The second-order valence-corrected chi connectivity index (χ2v) is 3.39. The zero-order valence-corrected chi connectivity index (χ0v) is 8.60. The van der Waals surface area contributed by atoms with E-state index in [1.54, 1.807) is 12.1 Å². The summed E-state index contributed by atoms with van der Waals surface area (Å²) in [6, 6.07) is 7.32. The number of anilines is 1. The van der Waals surface area contributed by atoms with Gasteiger partial charge in [-0.05, 0) is 18.1 Å². The SMILES string of the molecule is Cc1ccccc1-c1c(C(=O)O)noc1N. The summed E-state index contributed by atoms with van der Waals surface area (Å²) < 4.78 is 4.71. The fourth-order valence-electron chi connectivity index (χ4n) is 1.56. The van der Waals surface area contributed by atoms with Crippen LogP contribution in [-0.2, 0) is 0 Å². The van der Waals surface area contributed by atoms with Gasteiger partial charge in [0, 0.05) is 0 Å². The van der Waals surface area contributed by atoms with E-state index in [2.05, 4.69) is 5.16 Å². The summed E-state index contributed by atoms with van der Waals surface area (Å²) in [4.78, 5) is 10.9. The summed E-state index contributed by atoms with van der Waals surface area (Å²) in [6.07, 6.45) is 0. The van der Waals surface area contributed by atoms with Gasteiger partial charge in [0.15, 0.2) is 0 Å². The second-order valence-electron chi connectivity index (χ2n) is 3.39. The van der Waals surface area contributed by atoms with Crippen LogP contribution in [0, 0.1) is 6.92 Å². The van der Waals surface area contributed by atoms with Crippen molar-refractivity contribution >= 4 is 11.9 Å². The quantitative estimate of drug-likeness (QED) is 0.803.